The predicted octanol–water partition coefficient (Wildman–Crippen LogP) is 6.20. The van der Waals surface area contributed by atoms with Gasteiger partial charge in [-0.15, -0.1) is 13.2 Å². The van der Waals surface area contributed by atoms with Crippen molar-refractivity contribution in [2.45, 2.75) is 52.1 Å². The van der Waals surface area contributed by atoms with Crippen LogP contribution in [0, 0.1) is 0 Å². The Kier molecular flexibility index (Phi) is 14.6. The molecule has 30 heavy (non-hydrogen) atoms. The summed E-state index contributed by atoms with van der Waals surface area (Å²) in [5.41, 5.74) is 7.09. The van der Waals surface area contributed by atoms with Crippen molar-refractivity contribution < 1.29 is 9.53 Å². The van der Waals surface area contributed by atoms with E-state index in [-0.39, 0.29) is 6.09 Å². The number of carbonyl (C=O) groups excluding carboxylic acids is 1. The molecule has 0 atom stereocenters. The van der Waals surface area contributed by atoms with Crippen LogP contribution in [0.1, 0.15) is 52.0 Å². The fourth-order valence-electron chi connectivity index (χ4n) is 2.28. The highest BCUT2D eigenvalue weighted by Gasteiger charge is 2.15. The van der Waals surface area contributed by atoms with Gasteiger partial charge < -0.3 is 20.8 Å². The van der Waals surface area contributed by atoms with Crippen molar-refractivity contribution in [2.24, 2.45) is 5.73 Å². The lowest BCUT2D eigenvalue weighted by Gasteiger charge is -2.19. The molecule has 166 valence electrons. The Morgan fingerprint density at radius 2 is 1.77 bits per heavy atom. The summed E-state index contributed by atoms with van der Waals surface area (Å²) in [6.07, 6.45) is 11.1. The van der Waals surface area contributed by atoms with Crippen LogP contribution in [0.2, 0.25) is 0 Å². The molecule has 1 aromatic carbocycles. The van der Waals surface area contributed by atoms with E-state index in [4.69, 9.17) is 10.5 Å². The number of aromatic amines is 1. The molecule has 0 saturated carbocycles. The number of hydrogen-bond donors (Lipinski definition) is 3. The van der Waals surface area contributed by atoms with Gasteiger partial charge in [-0.3, -0.25) is 0 Å². The second-order valence-corrected chi connectivity index (χ2v) is 7.57. The third-order valence-electron chi connectivity index (χ3n) is 3.71. The van der Waals surface area contributed by atoms with E-state index in [1.165, 1.54) is 16.5 Å². The van der Waals surface area contributed by atoms with Gasteiger partial charge in [-0.1, -0.05) is 43.0 Å². The largest absolute Gasteiger partial charge is 0.444 e. The SMILES string of the molecule is C=CCCCN.C=CCCCNC(=O)OC(C)(C)C.C=Cc1c[nH]c2ccccc12. The van der Waals surface area contributed by atoms with Crippen molar-refractivity contribution in [3.8, 4) is 0 Å². The lowest BCUT2D eigenvalue weighted by molar-refractivity contribution is 0.0527. The number of amides is 1. The number of allylic oxidation sites excluding steroid dienone is 2. The Hall–Kier alpha value is -2.79. The number of fused-ring (bicyclic) bond motifs is 1. The lowest BCUT2D eigenvalue weighted by atomic mass is 10.2. The molecule has 0 aliphatic heterocycles. The second-order valence-electron chi connectivity index (χ2n) is 7.57. The molecule has 1 heterocycles. The summed E-state index contributed by atoms with van der Waals surface area (Å²) in [6, 6.07) is 8.19. The number of carbonyl (C=O) groups is 1. The van der Waals surface area contributed by atoms with E-state index in [0.717, 1.165) is 32.2 Å². The Morgan fingerprint density at radius 1 is 1.13 bits per heavy atom. The van der Waals surface area contributed by atoms with E-state index >= 15 is 0 Å². The fourth-order valence-corrected chi connectivity index (χ4v) is 2.28. The zero-order valence-electron chi connectivity index (χ0n) is 18.9. The average Bonchev–Trinajstić information content (AvgIpc) is 3.13. The highest BCUT2D eigenvalue weighted by Crippen LogP contribution is 2.17. The van der Waals surface area contributed by atoms with Crippen LogP contribution in [0.5, 0.6) is 0 Å². The van der Waals surface area contributed by atoms with Gasteiger partial charge in [0.1, 0.15) is 5.60 Å². The molecule has 0 fully saturated rings. The van der Waals surface area contributed by atoms with E-state index in [1.807, 2.05) is 57.3 Å². The minimum atomic E-state index is -0.414. The van der Waals surface area contributed by atoms with Gasteiger partial charge in [0.25, 0.3) is 0 Å². The number of para-hydroxylation sites is 1. The van der Waals surface area contributed by atoms with Gasteiger partial charge in [0.2, 0.25) is 0 Å². The van der Waals surface area contributed by atoms with Crippen LogP contribution in [0.15, 0.2) is 62.4 Å². The Morgan fingerprint density at radius 3 is 2.30 bits per heavy atom. The zero-order chi connectivity index (χ0) is 22.8. The summed E-state index contributed by atoms with van der Waals surface area (Å²) in [5, 5.41) is 3.90. The molecule has 0 spiro atoms. The first-order chi connectivity index (χ1) is 14.3. The van der Waals surface area contributed by atoms with Crippen LogP contribution in [-0.4, -0.2) is 29.8 Å². The molecule has 0 aliphatic rings. The van der Waals surface area contributed by atoms with Crippen LogP contribution in [0.3, 0.4) is 0 Å². The van der Waals surface area contributed by atoms with Gasteiger partial charge in [0.15, 0.2) is 0 Å². The van der Waals surface area contributed by atoms with Gasteiger partial charge in [-0.05, 0) is 64.6 Å². The molecule has 0 saturated heterocycles. The quantitative estimate of drug-likeness (QED) is 0.356. The molecule has 2 rings (SSSR count). The maximum Gasteiger partial charge on any atom is 0.407 e. The molecule has 1 aromatic heterocycles. The van der Waals surface area contributed by atoms with Crippen molar-refractivity contribution in [2.75, 3.05) is 13.1 Å². The van der Waals surface area contributed by atoms with Crippen molar-refractivity contribution in [3.05, 3.63) is 67.9 Å². The highest BCUT2D eigenvalue weighted by molar-refractivity contribution is 5.88. The maximum absolute atomic E-state index is 11.1. The summed E-state index contributed by atoms with van der Waals surface area (Å²) < 4.78 is 5.04. The predicted molar refractivity (Wildman–Crippen MR) is 131 cm³/mol. The van der Waals surface area contributed by atoms with Crippen molar-refractivity contribution in [3.63, 3.8) is 0 Å². The molecule has 2 aromatic rings. The molecule has 0 radical (unpaired) electrons. The van der Waals surface area contributed by atoms with E-state index in [9.17, 15) is 4.79 Å². The van der Waals surface area contributed by atoms with E-state index in [1.54, 1.807) is 0 Å². The van der Waals surface area contributed by atoms with E-state index in [2.05, 4.69) is 42.2 Å². The number of rotatable bonds is 8. The number of nitrogens with one attached hydrogen (secondary N) is 2. The minimum Gasteiger partial charge on any atom is -0.444 e. The first-order valence-corrected chi connectivity index (χ1v) is 10.4. The molecule has 5 nitrogen and oxygen atoms in total. The first-order valence-electron chi connectivity index (χ1n) is 10.4. The number of H-pyrrole nitrogens is 1. The zero-order valence-corrected chi connectivity index (χ0v) is 18.9. The van der Waals surface area contributed by atoms with Gasteiger partial charge >= 0.3 is 6.09 Å². The smallest absolute Gasteiger partial charge is 0.407 e. The number of aromatic nitrogens is 1. The Bertz CT molecular complexity index is 757. The summed E-state index contributed by atoms with van der Waals surface area (Å²) in [6.45, 7) is 17.8. The molecular weight excluding hydrogens is 374 g/mol. The van der Waals surface area contributed by atoms with Crippen LogP contribution in [0.4, 0.5) is 4.79 Å². The number of nitrogens with two attached hydrogens (primary N) is 1. The number of ether oxygens (including phenoxy) is 1. The van der Waals surface area contributed by atoms with E-state index < -0.39 is 5.60 Å². The summed E-state index contributed by atoms with van der Waals surface area (Å²) in [4.78, 5) is 14.2. The van der Waals surface area contributed by atoms with Crippen LogP contribution < -0.4 is 11.1 Å². The minimum absolute atomic E-state index is 0.350. The summed E-state index contributed by atoms with van der Waals surface area (Å²) in [7, 11) is 0. The van der Waals surface area contributed by atoms with Gasteiger partial charge in [-0.2, -0.15) is 0 Å². The highest BCUT2D eigenvalue weighted by atomic mass is 16.6. The molecule has 0 bridgehead atoms. The van der Waals surface area contributed by atoms with Gasteiger partial charge in [0, 0.05) is 23.6 Å². The lowest BCUT2D eigenvalue weighted by Crippen LogP contribution is -2.32. The average molecular weight is 414 g/mol. The second kappa shape index (κ2) is 16.1. The Labute approximate surface area is 182 Å². The number of hydrogen-bond acceptors (Lipinski definition) is 3. The topological polar surface area (TPSA) is 80.1 Å². The number of alkyl carbamates (subject to hydrolysis) is 1. The Balaban J connectivity index is 0.000000448. The molecule has 1 amide bonds. The first kappa shape index (κ1) is 27.2. The number of unbranched alkanes of at least 4 members (excludes halogenated alkanes) is 2. The fraction of sp³-hybridized carbons (Fsp3) is 0.400. The van der Waals surface area contributed by atoms with Crippen molar-refractivity contribution in [1.29, 1.82) is 0 Å². The summed E-state index contributed by atoms with van der Waals surface area (Å²) in [5.74, 6) is 0. The third-order valence-corrected chi connectivity index (χ3v) is 3.71. The summed E-state index contributed by atoms with van der Waals surface area (Å²) >= 11 is 0. The van der Waals surface area contributed by atoms with Crippen LogP contribution in [-0.2, 0) is 4.74 Å². The molecule has 0 unspecified atom stereocenters. The normalized spacial score (nSPS) is 10.0. The maximum atomic E-state index is 11.1. The van der Waals surface area contributed by atoms with Crippen LogP contribution >= 0.6 is 0 Å². The van der Waals surface area contributed by atoms with E-state index in [0.29, 0.717) is 6.54 Å². The van der Waals surface area contributed by atoms with Gasteiger partial charge in [0.05, 0.1) is 0 Å². The third kappa shape index (κ3) is 13.4. The molecular formula is C25H39N3O2. The van der Waals surface area contributed by atoms with Crippen LogP contribution in [0.25, 0.3) is 17.0 Å². The van der Waals surface area contributed by atoms with Crippen molar-refractivity contribution >= 4 is 23.1 Å². The monoisotopic (exact) mass is 413 g/mol. The molecule has 4 N–H and O–H groups in total. The standard InChI is InChI=1S/C10H19NO2.C10H9N.C5H11N/c1-5-6-7-8-11-9(12)13-10(2,3)4;1-2-8-7-11-10-6-4-3-5-9(8)10;1-2-3-4-5-6/h5H,1,6-8H2,2-4H3,(H,11,12);2-7,11H,1H2;2H,1,3-6H2. The molecule has 5 heteroatoms. The van der Waals surface area contributed by atoms with Crippen molar-refractivity contribution in [1.82, 2.24) is 10.3 Å². The number of benzene rings is 1. The van der Waals surface area contributed by atoms with Gasteiger partial charge in [-0.25, -0.2) is 4.79 Å². The molecule has 0 aliphatic carbocycles.